The minimum atomic E-state index is -0.435. The maximum Gasteiger partial charge on any atom is 0.255 e. The molecule has 0 unspecified atom stereocenters. The molecule has 1 aliphatic heterocycles. The van der Waals surface area contributed by atoms with E-state index >= 15 is 0 Å². The quantitative estimate of drug-likeness (QED) is 0.628. The van der Waals surface area contributed by atoms with Crippen molar-refractivity contribution < 1.29 is 19.0 Å². The van der Waals surface area contributed by atoms with Gasteiger partial charge in [-0.25, -0.2) is 0 Å². The Morgan fingerprint density at radius 1 is 1.03 bits per heavy atom. The van der Waals surface area contributed by atoms with Gasteiger partial charge in [0.25, 0.3) is 5.91 Å². The van der Waals surface area contributed by atoms with Crippen molar-refractivity contribution in [2.75, 3.05) is 26.6 Å². The van der Waals surface area contributed by atoms with Gasteiger partial charge in [0.1, 0.15) is 17.2 Å². The number of thiocarbonyl (C=S) groups is 1. The van der Waals surface area contributed by atoms with Gasteiger partial charge in [-0.05, 0) is 49.0 Å². The summed E-state index contributed by atoms with van der Waals surface area (Å²) in [5, 5.41) is 9.57. The van der Waals surface area contributed by atoms with Gasteiger partial charge in [0.2, 0.25) is 0 Å². The van der Waals surface area contributed by atoms with Crippen molar-refractivity contribution >= 4 is 28.9 Å². The second-order valence-electron chi connectivity index (χ2n) is 6.37. The molecule has 0 bridgehead atoms. The second kappa shape index (κ2) is 8.83. The molecule has 29 heavy (non-hydrogen) atoms. The topological polar surface area (TPSA) is 80.9 Å². The molecule has 7 nitrogen and oxygen atoms in total. The van der Waals surface area contributed by atoms with Crippen LogP contribution >= 0.6 is 12.2 Å². The zero-order valence-corrected chi connectivity index (χ0v) is 17.5. The predicted molar refractivity (Wildman–Crippen MR) is 115 cm³/mol. The van der Waals surface area contributed by atoms with Crippen LogP contribution in [0, 0.1) is 0 Å². The van der Waals surface area contributed by atoms with E-state index in [-0.39, 0.29) is 5.91 Å². The van der Waals surface area contributed by atoms with Crippen molar-refractivity contribution in [2.24, 2.45) is 0 Å². The SMILES string of the molecule is COc1cccc([C@H]2NC(=S)NC(C)=C2C(=O)Nc2cc(OC)ccc2OC)c1. The zero-order valence-electron chi connectivity index (χ0n) is 16.7. The molecule has 1 heterocycles. The second-order valence-corrected chi connectivity index (χ2v) is 6.78. The Morgan fingerprint density at radius 2 is 1.76 bits per heavy atom. The number of allylic oxidation sites excluding steroid dienone is 1. The van der Waals surface area contributed by atoms with Crippen molar-refractivity contribution in [1.29, 1.82) is 0 Å². The highest BCUT2D eigenvalue weighted by Gasteiger charge is 2.30. The van der Waals surface area contributed by atoms with Crippen molar-refractivity contribution in [3.05, 3.63) is 59.3 Å². The molecule has 0 aromatic heterocycles. The summed E-state index contributed by atoms with van der Waals surface area (Å²) in [4.78, 5) is 13.3. The number of carbonyl (C=O) groups is 1. The van der Waals surface area contributed by atoms with Gasteiger partial charge in [-0.2, -0.15) is 0 Å². The smallest absolute Gasteiger partial charge is 0.255 e. The van der Waals surface area contributed by atoms with Gasteiger partial charge < -0.3 is 30.2 Å². The van der Waals surface area contributed by atoms with Crippen LogP contribution in [0.15, 0.2) is 53.7 Å². The van der Waals surface area contributed by atoms with Crippen molar-refractivity contribution in [3.63, 3.8) is 0 Å². The van der Waals surface area contributed by atoms with E-state index in [0.717, 1.165) is 5.56 Å². The summed E-state index contributed by atoms with van der Waals surface area (Å²) in [6.07, 6.45) is 0. The molecule has 3 rings (SSSR count). The Balaban J connectivity index is 1.98. The highest BCUT2D eigenvalue weighted by atomic mass is 32.1. The predicted octanol–water partition coefficient (Wildman–Crippen LogP) is 3.14. The minimum Gasteiger partial charge on any atom is -0.497 e. The number of nitrogens with one attached hydrogen (secondary N) is 3. The largest absolute Gasteiger partial charge is 0.497 e. The van der Waals surface area contributed by atoms with E-state index in [1.807, 2.05) is 31.2 Å². The lowest BCUT2D eigenvalue weighted by molar-refractivity contribution is -0.113. The fourth-order valence-corrected chi connectivity index (χ4v) is 3.44. The lowest BCUT2D eigenvalue weighted by Gasteiger charge is -2.30. The molecule has 0 spiro atoms. The lowest BCUT2D eigenvalue weighted by atomic mass is 9.94. The molecule has 1 atom stereocenters. The number of hydrogen-bond acceptors (Lipinski definition) is 5. The summed E-state index contributed by atoms with van der Waals surface area (Å²) < 4.78 is 15.9. The minimum absolute atomic E-state index is 0.288. The Hall–Kier alpha value is -3.26. The van der Waals surface area contributed by atoms with Gasteiger partial charge in [0.05, 0.1) is 38.6 Å². The first-order valence-electron chi connectivity index (χ1n) is 8.92. The van der Waals surface area contributed by atoms with Crippen LogP contribution in [0.25, 0.3) is 0 Å². The summed E-state index contributed by atoms with van der Waals surface area (Å²) in [5.41, 5.74) is 2.54. The standard InChI is InChI=1S/C21H23N3O4S/c1-12-18(20(25)23-16-11-15(27-3)8-9-17(16)28-4)19(24-21(29)22-12)13-6-5-7-14(10-13)26-2/h5-11,19H,1-4H3,(H,23,25)(H2,22,24,29)/t19-/m1/s1. The summed E-state index contributed by atoms with van der Waals surface area (Å²) in [5.74, 6) is 1.55. The lowest BCUT2D eigenvalue weighted by Crippen LogP contribution is -2.45. The number of rotatable bonds is 6. The van der Waals surface area contributed by atoms with Gasteiger partial charge in [-0.1, -0.05) is 12.1 Å². The van der Waals surface area contributed by atoms with E-state index in [9.17, 15) is 4.79 Å². The Morgan fingerprint density at radius 3 is 2.45 bits per heavy atom. The first-order chi connectivity index (χ1) is 14.0. The number of benzene rings is 2. The van der Waals surface area contributed by atoms with Crippen molar-refractivity contribution in [2.45, 2.75) is 13.0 Å². The molecule has 0 saturated carbocycles. The Kier molecular flexibility index (Phi) is 6.23. The van der Waals surface area contributed by atoms with Crippen LogP contribution in [0.1, 0.15) is 18.5 Å². The number of methoxy groups -OCH3 is 3. The van der Waals surface area contributed by atoms with E-state index in [1.165, 1.54) is 0 Å². The maximum absolute atomic E-state index is 13.3. The molecule has 3 N–H and O–H groups in total. The van der Waals surface area contributed by atoms with Crippen LogP contribution in [-0.2, 0) is 4.79 Å². The fraction of sp³-hybridized carbons (Fsp3) is 0.238. The molecule has 0 fully saturated rings. The number of ether oxygens (including phenoxy) is 3. The molecule has 0 aliphatic carbocycles. The van der Waals surface area contributed by atoms with Crippen LogP contribution in [0.2, 0.25) is 0 Å². The van der Waals surface area contributed by atoms with E-state index in [0.29, 0.717) is 39.3 Å². The average molecular weight is 413 g/mol. The third kappa shape index (κ3) is 4.43. The van der Waals surface area contributed by atoms with Crippen LogP contribution in [0.3, 0.4) is 0 Å². The number of hydrogen-bond donors (Lipinski definition) is 3. The molecule has 152 valence electrons. The van der Waals surface area contributed by atoms with E-state index in [4.69, 9.17) is 26.4 Å². The van der Waals surface area contributed by atoms with E-state index in [2.05, 4.69) is 16.0 Å². The number of anilines is 1. The van der Waals surface area contributed by atoms with Gasteiger partial charge >= 0.3 is 0 Å². The maximum atomic E-state index is 13.3. The van der Waals surface area contributed by atoms with Crippen molar-refractivity contribution in [1.82, 2.24) is 10.6 Å². The normalized spacial score (nSPS) is 15.9. The molecule has 1 amide bonds. The van der Waals surface area contributed by atoms with E-state index in [1.54, 1.807) is 39.5 Å². The Bertz CT molecular complexity index is 974. The van der Waals surface area contributed by atoms with Gasteiger partial charge in [0.15, 0.2) is 5.11 Å². The first kappa shape index (κ1) is 20.5. The zero-order chi connectivity index (χ0) is 21.0. The molecule has 0 saturated heterocycles. The molecular weight excluding hydrogens is 390 g/mol. The highest BCUT2D eigenvalue weighted by Crippen LogP contribution is 2.33. The number of carbonyl (C=O) groups excluding carboxylic acids is 1. The average Bonchev–Trinajstić information content (AvgIpc) is 2.72. The molecule has 2 aromatic rings. The van der Waals surface area contributed by atoms with Crippen LogP contribution in [0.4, 0.5) is 5.69 Å². The molecule has 2 aromatic carbocycles. The van der Waals surface area contributed by atoms with Gasteiger partial charge in [-0.3, -0.25) is 4.79 Å². The fourth-order valence-electron chi connectivity index (χ4n) is 3.17. The van der Waals surface area contributed by atoms with Gasteiger partial charge in [-0.15, -0.1) is 0 Å². The highest BCUT2D eigenvalue weighted by molar-refractivity contribution is 7.80. The molecule has 1 aliphatic rings. The third-order valence-corrected chi connectivity index (χ3v) is 4.82. The summed E-state index contributed by atoms with van der Waals surface area (Å²) in [7, 11) is 4.71. The number of amides is 1. The van der Waals surface area contributed by atoms with Crippen LogP contribution < -0.4 is 30.2 Å². The Labute approximate surface area is 175 Å². The molecular formula is C21H23N3O4S. The summed E-state index contributed by atoms with van der Waals surface area (Å²) in [6.45, 7) is 1.82. The first-order valence-corrected chi connectivity index (χ1v) is 9.33. The van der Waals surface area contributed by atoms with E-state index < -0.39 is 6.04 Å². The van der Waals surface area contributed by atoms with Crippen LogP contribution in [-0.4, -0.2) is 32.3 Å². The van der Waals surface area contributed by atoms with Gasteiger partial charge in [0, 0.05) is 11.8 Å². The summed E-state index contributed by atoms with van der Waals surface area (Å²) >= 11 is 5.31. The summed E-state index contributed by atoms with van der Waals surface area (Å²) in [6, 6.07) is 12.3. The monoisotopic (exact) mass is 413 g/mol. The van der Waals surface area contributed by atoms with Crippen LogP contribution in [0.5, 0.6) is 17.2 Å². The van der Waals surface area contributed by atoms with Crippen molar-refractivity contribution in [3.8, 4) is 17.2 Å². The molecule has 8 heteroatoms. The molecule has 0 radical (unpaired) electrons. The third-order valence-electron chi connectivity index (χ3n) is 4.60.